The van der Waals surface area contributed by atoms with Crippen LogP contribution in [-0.2, 0) is 6.54 Å². The lowest BCUT2D eigenvalue weighted by Crippen LogP contribution is -2.27. The minimum absolute atomic E-state index is 0. The molecule has 1 N–H and O–H groups in total. The van der Waals surface area contributed by atoms with Gasteiger partial charge in [-0.15, -0.1) is 17.5 Å². The number of aromatic nitrogens is 5. The molecular weight excluding hydrogens is 493 g/mol. The first-order valence-corrected chi connectivity index (χ1v) is 11.7. The van der Waals surface area contributed by atoms with E-state index in [0.717, 1.165) is 29.4 Å². The standard InChI is InChI=1S/C27H26FN7O.ClH/c1-34(2)14-4-13-30-27(36)21-8-7-20(16-22(21)28)24-10-11-25-26(31-24)35(33-32-25)17-18-6-9-23-19(15-18)5-3-12-29-23;/h3,5-12,15-16H,4,13-14,17H2,1-2H3,(H,30,36);1H. The van der Waals surface area contributed by atoms with Gasteiger partial charge in [0, 0.05) is 23.7 Å². The summed E-state index contributed by atoms with van der Waals surface area (Å²) in [5.41, 5.74) is 4.38. The summed E-state index contributed by atoms with van der Waals surface area (Å²) in [6, 6.07) is 18.1. The quantitative estimate of drug-likeness (QED) is 0.307. The number of rotatable bonds is 8. The van der Waals surface area contributed by atoms with Gasteiger partial charge >= 0.3 is 0 Å². The number of fused-ring (bicyclic) bond motifs is 2. The topological polar surface area (TPSA) is 88.8 Å². The summed E-state index contributed by atoms with van der Waals surface area (Å²) in [5, 5.41) is 12.3. The highest BCUT2D eigenvalue weighted by atomic mass is 35.5. The number of nitrogens with zero attached hydrogens (tertiary/aromatic N) is 6. The molecule has 0 radical (unpaired) electrons. The monoisotopic (exact) mass is 519 g/mol. The number of hydrogen-bond donors (Lipinski definition) is 1. The first-order valence-electron chi connectivity index (χ1n) is 11.7. The van der Waals surface area contributed by atoms with Gasteiger partial charge < -0.3 is 10.2 Å². The molecule has 0 aliphatic heterocycles. The van der Waals surface area contributed by atoms with Crippen LogP contribution in [-0.4, -0.2) is 63.0 Å². The number of halogens is 2. The second kappa shape index (κ2) is 11.4. The Balaban J connectivity index is 0.00000320. The average molecular weight is 520 g/mol. The van der Waals surface area contributed by atoms with E-state index in [1.54, 1.807) is 23.0 Å². The van der Waals surface area contributed by atoms with E-state index in [2.05, 4.69) is 26.7 Å². The van der Waals surface area contributed by atoms with E-state index >= 15 is 0 Å². The molecule has 3 heterocycles. The Morgan fingerprint density at radius 2 is 1.89 bits per heavy atom. The summed E-state index contributed by atoms with van der Waals surface area (Å²) in [4.78, 5) is 23.5. The summed E-state index contributed by atoms with van der Waals surface area (Å²) in [7, 11) is 3.94. The number of carbonyl (C=O) groups excluding carboxylic acids is 1. The van der Waals surface area contributed by atoms with Gasteiger partial charge in [-0.1, -0.05) is 23.4 Å². The van der Waals surface area contributed by atoms with E-state index in [1.165, 1.54) is 12.1 Å². The summed E-state index contributed by atoms with van der Waals surface area (Å²) in [5.74, 6) is -1.01. The molecule has 5 rings (SSSR count). The first kappa shape index (κ1) is 26.1. The number of pyridine rings is 2. The Hall–Kier alpha value is -3.95. The normalized spacial score (nSPS) is 11.1. The molecule has 0 aliphatic rings. The van der Waals surface area contributed by atoms with Crippen LogP contribution in [0.25, 0.3) is 33.3 Å². The van der Waals surface area contributed by atoms with Gasteiger partial charge in [0.2, 0.25) is 0 Å². The second-order valence-corrected chi connectivity index (χ2v) is 8.92. The number of nitrogens with one attached hydrogen (secondary N) is 1. The number of carbonyl (C=O) groups is 1. The molecule has 0 unspecified atom stereocenters. The first-order chi connectivity index (χ1) is 17.5. The smallest absolute Gasteiger partial charge is 0.254 e. The second-order valence-electron chi connectivity index (χ2n) is 8.92. The van der Waals surface area contributed by atoms with Gasteiger partial charge in [-0.3, -0.25) is 9.78 Å². The lowest BCUT2D eigenvalue weighted by Gasteiger charge is -2.10. The SMILES string of the molecule is CN(C)CCCNC(=O)c1ccc(-c2ccc3nnn(Cc4ccc5ncccc5c4)c3n2)cc1F.Cl. The largest absolute Gasteiger partial charge is 0.352 e. The molecule has 3 aromatic heterocycles. The van der Waals surface area contributed by atoms with E-state index in [0.29, 0.717) is 35.5 Å². The van der Waals surface area contributed by atoms with Gasteiger partial charge in [0.15, 0.2) is 5.65 Å². The maximum absolute atomic E-state index is 14.8. The van der Waals surface area contributed by atoms with E-state index in [4.69, 9.17) is 4.98 Å². The molecule has 8 nitrogen and oxygen atoms in total. The summed E-state index contributed by atoms with van der Waals surface area (Å²) in [6.07, 6.45) is 2.56. The van der Waals surface area contributed by atoms with Gasteiger partial charge in [0.1, 0.15) is 11.3 Å². The van der Waals surface area contributed by atoms with Gasteiger partial charge in [-0.25, -0.2) is 14.1 Å². The predicted molar refractivity (Wildman–Crippen MR) is 144 cm³/mol. The molecular formula is C27H27ClFN7O. The molecule has 0 fully saturated rings. The fraction of sp³-hybridized carbons (Fsp3) is 0.222. The van der Waals surface area contributed by atoms with Crippen LogP contribution in [0.5, 0.6) is 0 Å². The molecule has 1 amide bonds. The van der Waals surface area contributed by atoms with E-state index < -0.39 is 11.7 Å². The summed E-state index contributed by atoms with van der Waals surface area (Å²) in [6.45, 7) is 1.82. The minimum Gasteiger partial charge on any atom is -0.352 e. The van der Waals surface area contributed by atoms with E-state index in [9.17, 15) is 9.18 Å². The van der Waals surface area contributed by atoms with Gasteiger partial charge in [0.05, 0.1) is 23.3 Å². The fourth-order valence-corrected chi connectivity index (χ4v) is 4.07. The van der Waals surface area contributed by atoms with Crippen molar-refractivity contribution in [3.63, 3.8) is 0 Å². The third-order valence-electron chi connectivity index (χ3n) is 5.94. The molecule has 0 spiro atoms. The van der Waals surface area contributed by atoms with E-state index in [-0.39, 0.29) is 18.0 Å². The van der Waals surface area contributed by atoms with Crippen molar-refractivity contribution in [2.24, 2.45) is 0 Å². The highest BCUT2D eigenvalue weighted by Gasteiger charge is 2.15. The highest BCUT2D eigenvalue weighted by Crippen LogP contribution is 2.23. The van der Waals surface area contributed by atoms with E-state index in [1.807, 2.05) is 49.3 Å². The number of amides is 1. The highest BCUT2D eigenvalue weighted by molar-refractivity contribution is 5.95. The van der Waals surface area contributed by atoms with Crippen LogP contribution in [0, 0.1) is 5.82 Å². The summed E-state index contributed by atoms with van der Waals surface area (Å²) >= 11 is 0. The van der Waals surface area contributed by atoms with Crippen molar-refractivity contribution in [1.82, 2.24) is 35.2 Å². The Bertz CT molecular complexity index is 1550. The van der Waals surface area contributed by atoms with Crippen molar-refractivity contribution >= 4 is 40.4 Å². The average Bonchev–Trinajstić information content (AvgIpc) is 3.28. The van der Waals surface area contributed by atoms with Crippen molar-refractivity contribution in [3.8, 4) is 11.3 Å². The molecule has 190 valence electrons. The fourth-order valence-electron chi connectivity index (χ4n) is 4.07. The zero-order valence-corrected chi connectivity index (χ0v) is 21.4. The lowest BCUT2D eigenvalue weighted by atomic mass is 10.1. The molecule has 10 heteroatoms. The van der Waals surface area contributed by atoms with Gasteiger partial charge in [0.25, 0.3) is 5.91 Å². The van der Waals surface area contributed by atoms with Crippen molar-refractivity contribution in [3.05, 3.63) is 83.8 Å². The zero-order valence-electron chi connectivity index (χ0n) is 20.6. The number of hydrogen-bond acceptors (Lipinski definition) is 6. The van der Waals surface area contributed by atoms with Gasteiger partial charge in [-0.2, -0.15) is 0 Å². The Morgan fingerprint density at radius 3 is 2.70 bits per heavy atom. The molecule has 5 aromatic rings. The third kappa shape index (κ3) is 5.90. The minimum atomic E-state index is -0.587. The Labute approximate surface area is 219 Å². The Kier molecular flexibility index (Phi) is 8.05. The molecule has 0 aliphatic carbocycles. The maximum atomic E-state index is 14.8. The predicted octanol–water partition coefficient (Wildman–Crippen LogP) is 4.33. The lowest BCUT2D eigenvalue weighted by molar-refractivity contribution is 0.0948. The molecule has 2 aromatic carbocycles. The molecule has 0 saturated heterocycles. The van der Waals surface area contributed by atoms with Crippen molar-refractivity contribution in [2.45, 2.75) is 13.0 Å². The summed E-state index contributed by atoms with van der Waals surface area (Å²) < 4.78 is 16.6. The molecule has 0 atom stereocenters. The van der Waals surface area contributed by atoms with Crippen LogP contribution < -0.4 is 5.32 Å². The maximum Gasteiger partial charge on any atom is 0.254 e. The van der Waals surface area contributed by atoms with Crippen LogP contribution in [0.4, 0.5) is 4.39 Å². The van der Waals surface area contributed by atoms with Crippen LogP contribution in [0.1, 0.15) is 22.3 Å². The number of benzene rings is 2. The molecule has 0 saturated carbocycles. The van der Waals surface area contributed by atoms with Crippen LogP contribution in [0.3, 0.4) is 0 Å². The van der Waals surface area contributed by atoms with Crippen LogP contribution >= 0.6 is 12.4 Å². The zero-order chi connectivity index (χ0) is 25.1. The van der Waals surface area contributed by atoms with Crippen molar-refractivity contribution in [1.29, 1.82) is 0 Å². The third-order valence-corrected chi connectivity index (χ3v) is 5.94. The molecule has 37 heavy (non-hydrogen) atoms. The van der Waals surface area contributed by atoms with Crippen molar-refractivity contribution < 1.29 is 9.18 Å². The van der Waals surface area contributed by atoms with Gasteiger partial charge in [-0.05, 0) is 75.1 Å². The van der Waals surface area contributed by atoms with Crippen molar-refractivity contribution in [2.75, 3.05) is 27.2 Å². The van der Waals surface area contributed by atoms with Crippen LogP contribution in [0.2, 0.25) is 0 Å². The molecule has 0 bridgehead atoms. The van der Waals surface area contributed by atoms with Crippen LogP contribution in [0.15, 0.2) is 66.9 Å². The Morgan fingerprint density at radius 1 is 1.05 bits per heavy atom.